The molecule has 0 radical (unpaired) electrons. The van der Waals surface area contributed by atoms with Crippen molar-refractivity contribution in [1.29, 1.82) is 0 Å². The predicted octanol–water partition coefficient (Wildman–Crippen LogP) is 2.37. The van der Waals surface area contributed by atoms with Gasteiger partial charge >= 0.3 is 6.03 Å². The molecule has 0 saturated carbocycles. The van der Waals surface area contributed by atoms with Crippen molar-refractivity contribution in [3.05, 3.63) is 22.9 Å². The zero-order valence-electron chi connectivity index (χ0n) is 8.04. The summed E-state index contributed by atoms with van der Waals surface area (Å²) in [6.45, 7) is 3.80. The quantitative estimate of drug-likeness (QED) is 0.800. The van der Waals surface area contributed by atoms with Gasteiger partial charge in [-0.3, -0.25) is 0 Å². The van der Waals surface area contributed by atoms with Crippen molar-refractivity contribution in [1.82, 2.24) is 10.3 Å². The third-order valence-electron chi connectivity index (χ3n) is 1.41. The minimum atomic E-state index is -0.218. The van der Waals surface area contributed by atoms with E-state index in [1.54, 1.807) is 18.3 Å². The molecule has 0 unspecified atom stereocenters. The van der Waals surface area contributed by atoms with E-state index in [4.69, 9.17) is 0 Å². The molecule has 1 aromatic rings. The van der Waals surface area contributed by atoms with Crippen LogP contribution in [0.5, 0.6) is 0 Å². The van der Waals surface area contributed by atoms with Gasteiger partial charge in [-0.25, -0.2) is 9.78 Å². The van der Waals surface area contributed by atoms with Gasteiger partial charge in [0, 0.05) is 6.04 Å². The molecule has 1 rings (SSSR count). The minimum Gasteiger partial charge on any atom is -0.336 e. The van der Waals surface area contributed by atoms with E-state index in [9.17, 15) is 4.79 Å². The molecule has 0 aliphatic rings. The van der Waals surface area contributed by atoms with Crippen LogP contribution in [0.3, 0.4) is 0 Å². The van der Waals surface area contributed by atoms with E-state index in [0.717, 1.165) is 4.60 Å². The summed E-state index contributed by atoms with van der Waals surface area (Å²) in [5, 5.41) is 5.38. The van der Waals surface area contributed by atoms with Crippen molar-refractivity contribution in [2.45, 2.75) is 19.9 Å². The fourth-order valence-corrected chi connectivity index (χ4v) is 1.11. The summed E-state index contributed by atoms with van der Waals surface area (Å²) < 4.78 is 0.743. The summed E-state index contributed by atoms with van der Waals surface area (Å²) in [7, 11) is 0. The molecule has 0 atom stereocenters. The minimum absolute atomic E-state index is 0.124. The number of carbonyl (C=O) groups excluding carboxylic acids is 1. The summed E-state index contributed by atoms with van der Waals surface area (Å²) in [5.74, 6) is 0. The molecule has 2 N–H and O–H groups in total. The molecule has 0 aliphatic heterocycles. The molecule has 0 spiro atoms. The van der Waals surface area contributed by atoms with Crippen LogP contribution in [0.15, 0.2) is 22.9 Å². The van der Waals surface area contributed by atoms with Crippen molar-refractivity contribution in [2.24, 2.45) is 0 Å². The van der Waals surface area contributed by atoms with Crippen LogP contribution in [-0.4, -0.2) is 17.1 Å². The largest absolute Gasteiger partial charge is 0.336 e. The number of nitrogens with zero attached hydrogens (tertiary/aromatic N) is 1. The second-order valence-electron chi connectivity index (χ2n) is 3.12. The van der Waals surface area contributed by atoms with Gasteiger partial charge in [0.05, 0.1) is 11.9 Å². The van der Waals surface area contributed by atoms with Crippen LogP contribution in [0.2, 0.25) is 0 Å². The lowest BCUT2D eigenvalue weighted by molar-refractivity contribution is 0.250. The highest BCUT2D eigenvalue weighted by Crippen LogP contribution is 2.09. The van der Waals surface area contributed by atoms with Crippen LogP contribution < -0.4 is 10.6 Å². The number of nitrogens with one attached hydrogen (secondary N) is 2. The lowest BCUT2D eigenvalue weighted by Gasteiger charge is -2.09. The highest BCUT2D eigenvalue weighted by atomic mass is 79.9. The predicted molar refractivity (Wildman–Crippen MR) is 59.2 cm³/mol. The van der Waals surface area contributed by atoms with E-state index in [1.807, 2.05) is 13.8 Å². The Hall–Kier alpha value is -1.10. The molecule has 2 amide bonds. The van der Waals surface area contributed by atoms with Crippen molar-refractivity contribution < 1.29 is 4.79 Å². The lowest BCUT2D eigenvalue weighted by atomic mass is 10.4. The van der Waals surface area contributed by atoms with Crippen LogP contribution in [0, 0.1) is 0 Å². The van der Waals surface area contributed by atoms with Gasteiger partial charge in [-0.2, -0.15) is 0 Å². The average molecular weight is 258 g/mol. The Morgan fingerprint density at radius 3 is 2.71 bits per heavy atom. The molecule has 0 aliphatic carbocycles. The number of hydrogen-bond donors (Lipinski definition) is 2. The highest BCUT2D eigenvalue weighted by Gasteiger charge is 2.02. The Balaban J connectivity index is 2.52. The zero-order valence-corrected chi connectivity index (χ0v) is 9.63. The van der Waals surface area contributed by atoms with E-state index in [0.29, 0.717) is 5.69 Å². The van der Waals surface area contributed by atoms with E-state index in [1.165, 1.54) is 0 Å². The maximum absolute atomic E-state index is 11.2. The summed E-state index contributed by atoms with van der Waals surface area (Å²) in [4.78, 5) is 15.2. The summed E-state index contributed by atoms with van der Waals surface area (Å²) in [5.41, 5.74) is 0.673. The van der Waals surface area contributed by atoms with Gasteiger partial charge in [0.15, 0.2) is 0 Å². The molecule has 0 saturated heterocycles. The molecule has 14 heavy (non-hydrogen) atoms. The Morgan fingerprint density at radius 2 is 2.21 bits per heavy atom. The summed E-state index contributed by atoms with van der Waals surface area (Å²) in [6, 6.07) is 3.45. The Morgan fingerprint density at radius 1 is 1.50 bits per heavy atom. The monoisotopic (exact) mass is 257 g/mol. The fraction of sp³-hybridized carbons (Fsp3) is 0.333. The summed E-state index contributed by atoms with van der Waals surface area (Å²) in [6.07, 6.45) is 1.59. The normalized spacial score (nSPS) is 10.0. The molecule has 0 fully saturated rings. The molecule has 4 nitrogen and oxygen atoms in total. The number of amides is 2. The van der Waals surface area contributed by atoms with E-state index in [2.05, 4.69) is 31.5 Å². The van der Waals surface area contributed by atoms with Crippen LogP contribution in [0.25, 0.3) is 0 Å². The van der Waals surface area contributed by atoms with Gasteiger partial charge in [0.25, 0.3) is 0 Å². The number of carbonyl (C=O) groups is 1. The smallest absolute Gasteiger partial charge is 0.319 e. The maximum atomic E-state index is 11.2. The maximum Gasteiger partial charge on any atom is 0.319 e. The van der Waals surface area contributed by atoms with E-state index < -0.39 is 0 Å². The van der Waals surface area contributed by atoms with Crippen molar-refractivity contribution in [2.75, 3.05) is 5.32 Å². The second-order valence-corrected chi connectivity index (χ2v) is 3.94. The third-order valence-corrected chi connectivity index (χ3v) is 1.87. The number of aromatic nitrogens is 1. The molecule has 76 valence electrons. The van der Waals surface area contributed by atoms with Crippen molar-refractivity contribution in [3.8, 4) is 0 Å². The van der Waals surface area contributed by atoms with Crippen LogP contribution in [0.4, 0.5) is 10.5 Å². The van der Waals surface area contributed by atoms with Crippen molar-refractivity contribution in [3.63, 3.8) is 0 Å². The average Bonchev–Trinajstić information content (AvgIpc) is 2.07. The van der Waals surface area contributed by atoms with Gasteiger partial charge < -0.3 is 10.6 Å². The van der Waals surface area contributed by atoms with Gasteiger partial charge in [-0.1, -0.05) is 0 Å². The number of hydrogen-bond acceptors (Lipinski definition) is 2. The number of halogens is 1. The van der Waals surface area contributed by atoms with E-state index >= 15 is 0 Å². The molecule has 0 bridgehead atoms. The van der Waals surface area contributed by atoms with Crippen LogP contribution >= 0.6 is 15.9 Å². The van der Waals surface area contributed by atoms with Crippen LogP contribution in [0.1, 0.15) is 13.8 Å². The number of rotatable bonds is 2. The highest BCUT2D eigenvalue weighted by molar-refractivity contribution is 9.10. The number of pyridine rings is 1. The molecule has 1 heterocycles. The fourth-order valence-electron chi connectivity index (χ4n) is 0.879. The Kier molecular flexibility index (Phi) is 3.88. The Labute approximate surface area is 91.2 Å². The molecule has 1 aromatic heterocycles. The summed E-state index contributed by atoms with van der Waals surface area (Å²) >= 11 is 3.21. The SMILES string of the molecule is CC(C)NC(=O)Nc1ccc(Br)nc1. The topological polar surface area (TPSA) is 54.0 Å². The first-order valence-corrected chi connectivity index (χ1v) is 5.06. The molecule has 5 heteroatoms. The first-order chi connectivity index (χ1) is 6.58. The lowest BCUT2D eigenvalue weighted by Crippen LogP contribution is -2.34. The standard InChI is InChI=1S/C9H12BrN3O/c1-6(2)12-9(14)13-7-3-4-8(10)11-5-7/h3-6H,1-2H3,(H2,12,13,14). The Bertz CT molecular complexity index is 310. The van der Waals surface area contributed by atoms with Crippen molar-refractivity contribution >= 4 is 27.6 Å². The molecular formula is C9H12BrN3O. The molecular weight excluding hydrogens is 246 g/mol. The first-order valence-electron chi connectivity index (χ1n) is 4.27. The van der Waals surface area contributed by atoms with E-state index in [-0.39, 0.29) is 12.1 Å². The number of urea groups is 1. The van der Waals surface area contributed by atoms with Crippen LogP contribution in [-0.2, 0) is 0 Å². The number of anilines is 1. The zero-order chi connectivity index (χ0) is 10.6. The van der Waals surface area contributed by atoms with Gasteiger partial charge in [-0.05, 0) is 41.9 Å². The third kappa shape index (κ3) is 3.74. The van der Waals surface area contributed by atoms with Gasteiger partial charge in [0.1, 0.15) is 4.60 Å². The molecule has 0 aromatic carbocycles. The van der Waals surface area contributed by atoms with Gasteiger partial charge in [0.2, 0.25) is 0 Å². The first kappa shape index (κ1) is 11.0. The second kappa shape index (κ2) is 4.95. The van der Waals surface area contributed by atoms with Gasteiger partial charge in [-0.15, -0.1) is 0 Å².